The van der Waals surface area contributed by atoms with E-state index < -0.39 is 10.0 Å². The van der Waals surface area contributed by atoms with Gasteiger partial charge in [-0.3, -0.25) is 9.10 Å². The number of nitrogens with zero attached hydrogens (tertiary/aromatic N) is 1. The molecule has 0 aliphatic heterocycles. The minimum absolute atomic E-state index is 0.126. The fourth-order valence-electron chi connectivity index (χ4n) is 4.30. The third-order valence-electron chi connectivity index (χ3n) is 6.15. The topological polar surface area (TPSA) is 75.7 Å². The van der Waals surface area contributed by atoms with Crippen LogP contribution in [0.5, 0.6) is 5.75 Å². The first-order chi connectivity index (χ1) is 17.9. The predicted molar refractivity (Wildman–Crippen MR) is 148 cm³/mol. The maximum Gasteiger partial charge on any atom is 0.264 e. The standard InChI is InChI=1S/C30H32N2O4S/c1-3-36-27-18-16-26(17-19-27)32(37(34,35)28-13-5-4-6-14-28)22-30(33)31-21-23(2)20-25-12-9-11-24-10-7-8-15-29(24)25/h4-19,23H,3,20-22H2,1-2H3,(H,31,33). The summed E-state index contributed by atoms with van der Waals surface area (Å²) in [7, 11) is -3.95. The van der Waals surface area contributed by atoms with Gasteiger partial charge in [0.1, 0.15) is 12.3 Å². The van der Waals surface area contributed by atoms with Gasteiger partial charge in [-0.15, -0.1) is 0 Å². The Morgan fingerprint density at radius 2 is 1.57 bits per heavy atom. The molecule has 4 aromatic carbocycles. The maximum absolute atomic E-state index is 13.5. The second kappa shape index (κ2) is 11.9. The molecule has 0 radical (unpaired) electrons. The van der Waals surface area contributed by atoms with Crippen molar-refractivity contribution < 1.29 is 17.9 Å². The van der Waals surface area contributed by atoms with Gasteiger partial charge < -0.3 is 10.1 Å². The summed E-state index contributed by atoms with van der Waals surface area (Å²) in [6, 6.07) is 29.4. The van der Waals surface area contributed by atoms with E-state index in [2.05, 4.69) is 36.5 Å². The summed E-state index contributed by atoms with van der Waals surface area (Å²) in [4.78, 5) is 13.1. The van der Waals surface area contributed by atoms with Crippen molar-refractivity contribution in [2.75, 3.05) is 24.0 Å². The number of nitrogens with one attached hydrogen (secondary N) is 1. The van der Waals surface area contributed by atoms with Crippen LogP contribution in [-0.4, -0.2) is 34.0 Å². The molecular weight excluding hydrogens is 484 g/mol. The molecule has 0 bridgehead atoms. The Hall–Kier alpha value is -3.84. The van der Waals surface area contributed by atoms with Crippen molar-refractivity contribution >= 4 is 32.4 Å². The van der Waals surface area contributed by atoms with Gasteiger partial charge in [0.05, 0.1) is 17.2 Å². The van der Waals surface area contributed by atoms with Crippen molar-refractivity contribution in [3.63, 3.8) is 0 Å². The molecule has 0 fully saturated rings. The van der Waals surface area contributed by atoms with Crippen LogP contribution >= 0.6 is 0 Å². The Bertz CT molecular complexity index is 1430. The van der Waals surface area contributed by atoms with Crippen LogP contribution in [-0.2, 0) is 21.2 Å². The fraction of sp³-hybridized carbons (Fsp3) is 0.233. The molecular formula is C30H32N2O4S. The number of benzene rings is 4. The van der Waals surface area contributed by atoms with Crippen LogP contribution in [0.2, 0.25) is 0 Å². The number of anilines is 1. The first kappa shape index (κ1) is 26.2. The number of hydrogen-bond donors (Lipinski definition) is 1. The Balaban J connectivity index is 1.47. The van der Waals surface area contributed by atoms with E-state index in [1.54, 1.807) is 42.5 Å². The highest BCUT2D eigenvalue weighted by Crippen LogP contribution is 2.26. The Labute approximate surface area is 218 Å². The minimum Gasteiger partial charge on any atom is -0.494 e. The summed E-state index contributed by atoms with van der Waals surface area (Å²) < 4.78 is 33.6. The molecule has 4 rings (SSSR count). The molecule has 1 amide bonds. The highest BCUT2D eigenvalue weighted by molar-refractivity contribution is 7.92. The van der Waals surface area contributed by atoms with Gasteiger partial charge in [-0.05, 0) is 72.0 Å². The van der Waals surface area contributed by atoms with Crippen LogP contribution in [0.15, 0.2) is 102 Å². The normalized spacial score (nSPS) is 12.2. The molecule has 37 heavy (non-hydrogen) atoms. The zero-order valence-electron chi connectivity index (χ0n) is 21.1. The van der Waals surface area contributed by atoms with E-state index in [1.165, 1.54) is 28.5 Å². The number of amides is 1. The summed E-state index contributed by atoms with van der Waals surface area (Å²) >= 11 is 0. The first-order valence-corrected chi connectivity index (χ1v) is 13.9. The molecule has 0 heterocycles. The molecule has 6 nitrogen and oxygen atoms in total. The fourth-order valence-corrected chi connectivity index (χ4v) is 5.74. The molecule has 0 aliphatic rings. The van der Waals surface area contributed by atoms with Crippen molar-refractivity contribution in [1.82, 2.24) is 5.32 Å². The van der Waals surface area contributed by atoms with Crippen molar-refractivity contribution in [1.29, 1.82) is 0 Å². The third-order valence-corrected chi connectivity index (χ3v) is 7.94. The summed E-state index contributed by atoms with van der Waals surface area (Å²) in [6.45, 7) is 4.57. The lowest BCUT2D eigenvalue weighted by Crippen LogP contribution is -2.42. The van der Waals surface area contributed by atoms with Gasteiger partial charge in [0.2, 0.25) is 5.91 Å². The molecule has 0 spiro atoms. The van der Waals surface area contributed by atoms with Gasteiger partial charge in [-0.1, -0.05) is 67.6 Å². The van der Waals surface area contributed by atoms with E-state index in [9.17, 15) is 13.2 Å². The van der Waals surface area contributed by atoms with Gasteiger partial charge in [0.25, 0.3) is 10.0 Å². The second-order valence-electron chi connectivity index (χ2n) is 9.00. The Kier molecular flexibility index (Phi) is 8.46. The summed E-state index contributed by atoms with van der Waals surface area (Å²) in [5.74, 6) is 0.438. The predicted octanol–water partition coefficient (Wildman–Crippen LogP) is 5.43. The van der Waals surface area contributed by atoms with Crippen LogP contribution in [0.1, 0.15) is 19.4 Å². The summed E-state index contributed by atoms with van der Waals surface area (Å²) in [5, 5.41) is 5.33. The lowest BCUT2D eigenvalue weighted by Gasteiger charge is -2.24. The number of ether oxygens (including phenoxy) is 1. The van der Waals surface area contributed by atoms with E-state index in [-0.39, 0.29) is 23.3 Å². The molecule has 0 aromatic heterocycles. The lowest BCUT2D eigenvalue weighted by molar-refractivity contribution is -0.119. The Morgan fingerprint density at radius 3 is 2.30 bits per heavy atom. The molecule has 0 saturated carbocycles. The van der Waals surface area contributed by atoms with Gasteiger partial charge in [-0.25, -0.2) is 8.42 Å². The highest BCUT2D eigenvalue weighted by Gasteiger charge is 2.27. The van der Waals surface area contributed by atoms with Crippen molar-refractivity contribution in [2.24, 2.45) is 5.92 Å². The number of sulfonamides is 1. The van der Waals surface area contributed by atoms with E-state index in [1.807, 2.05) is 25.1 Å². The van der Waals surface area contributed by atoms with Crippen LogP contribution in [0, 0.1) is 5.92 Å². The average molecular weight is 517 g/mol. The Morgan fingerprint density at radius 1 is 0.892 bits per heavy atom. The number of hydrogen-bond acceptors (Lipinski definition) is 4. The number of rotatable bonds is 11. The van der Waals surface area contributed by atoms with Gasteiger partial charge in [0, 0.05) is 6.54 Å². The number of fused-ring (bicyclic) bond motifs is 1. The molecule has 1 atom stereocenters. The minimum atomic E-state index is -3.95. The zero-order chi connectivity index (χ0) is 26.3. The number of carbonyl (C=O) groups excluding carboxylic acids is 1. The monoisotopic (exact) mass is 516 g/mol. The van der Waals surface area contributed by atoms with Crippen molar-refractivity contribution in [2.45, 2.75) is 25.2 Å². The summed E-state index contributed by atoms with van der Waals surface area (Å²) in [5.41, 5.74) is 1.62. The van der Waals surface area contributed by atoms with Crippen LogP contribution in [0.4, 0.5) is 5.69 Å². The van der Waals surface area contributed by atoms with Gasteiger partial charge in [-0.2, -0.15) is 0 Å². The maximum atomic E-state index is 13.5. The van der Waals surface area contributed by atoms with Gasteiger partial charge in [0.15, 0.2) is 0 Å². The lowest BCUT2D eigenvalue weighted by atomic mass is 9.96. The van der Waals surface area contributed by atoms with Crippen molar-refractivity contribution in [3.8, 4) is 5.75 Å². The smallest absolute Gasteiger partial charge is 0.264 e. The quantitative estimate of drug-likeness (QED) is 0.289. The molecule has 1 unspecified atom stereocenters. The van der Waals surface area contributed by atoms with Gasteiger partial charge >= 0.3 is 0 Å². The molecule has 0 aliphatic carbocycles. The average Bonchev–Trinajstić information content (AvgIpc) is 2.92. The molecule has 0 saturated heterocycles. The van der Waals surface area contributed by atoms with E-state index in [0.29, 0.717) is 24.6 Å². The van der Waals surface area contributed by atoms with E-state index in [0.717, 1.165) is 10.7 Å². The number of carbonyl (C=O) groups is 1. The highest BCUT2D eigenvalue weighted by atomic mass is 32.2. The SMILES string of the molecule is CCOc1ccc(N(CC(=O)NCC(C)Cc2cccc3ccccc23)S(=O)(=O)c2ccccc2)cc1. The van der Waals surface area contributed by atoms with E-state index in [4.69, 9.17) is 4.74 Å². The molecule has 192 valence electrons. The largest absolute Gasteiger partial charge is 0.494 e. The van der Waals surface area contributed by atoms with Crippen LogP contribution < -0.4 is 14.4 Å². The molecule has 4 aromatic rings. The first-order valence-electron chi connectivity index (χ1n) is 12.4. The summed E-state index contributed by atoms with van der Waals surface area (Å²) in [6.07, 6.45) is 0.798. The van der Waals surface area contributed by atoms with Crippen LogP contribution in [0.3, 0.4) is 0 Å². The van der Waals surface area contributed by atoms with Crippen molar-refractivity contribution in [3.05, 3.63) is 103 Å². The molecule has 1 N–H and O–H groups in total. The molecule has 7 heteroatoms. The third kappa shape index (κ3) is 6.49. The zero-order valence-corrected chi connectivity index (χ0v) is 21.9. The second-order valence-corrected chi connectivity index (χ2v) is 10.9. The van der Waals surface area contributed by atoms with Crippen LogP contribution in [0.25, 0.3) is 10.8 Å². The van der Waals surface area contributed by atoms with E-state index >= 15 is 0 Å².